The van der Waals surface area contributed by atoms with E-state index in [2.05, 4.69) is 43.0 Å². The molecular formula is C43H52N6O5S. The van der Waals surface area contributed by atoms with Crippen molar-refractivity contribution in [2.45, 2.75) is 98.4 Å². The van der Waals surface area contributed by atoms with Gasteiger partial charge in [-0.05, 0) is 66.3 Å². The predicted molar refractivity (Wildman–Crippen MR) is 214 cm³/mol. The highest BCUT2D eigenvalue weighted by molar-refractivity contribution is 7.17. The van der Waals surface area contributed by atoms with E-state index >= 15 is 0 Å². The molecule has 12 heteroatoms. The number of hydrogen-bond acceptors (Lipinski definition) is 9. The Morgan fingerprint density at radius 1 is 1.02 bits per heavy atom. The lowest BCUT2D eigenvalue weighted by atomic mass is 9.76. The molecule has 0 atom stereocenters. The highest BCUT2D eigenvalue weighted by Crippen LogP contribution is 2.44. The normalized spacial score (nSPS) is 13.3. The second kappa shape index (κ2) is 19.0. The topological polar surface area (TPSA) is 138 Å². The highest BCUT2D eigenvalue weighted by Gasteiger charge is 2.33. The fourth-order valence-electron chi connectivity index (χ4n) is 7.05. The molecule has 0 unspecified atom stereocenters. The van der Waals surface area contributed by atoms with Gasteiger partial charge in [0.25, 0.3) is 5.91 Å². The number of thiophene rings is 1. The number of likely N-dealkylation sites (N-methyl/N-ethyl adjacent to an activating group) is 1. The van der Waals surface area contributed by atoms with Crippen LogP contribution in [0.3, 0.4) is 0 Å². The van der Waals surface area contributed by atoms with E-state index in [1.807, 2.05) is 54.6 Å². The number of anilines is 1. The van der Waals surface area contributed by atoms with Crippen LogP contribution in [-0.4, -0.2) is 69.3 Å². The van der Waals surface area contributed by atoms with Gasteiger partial charge >= 0.3 is 5.97 Å². The molecule has 1 aliphatic rings. The third-order valence-corrected chi connectivity index (χ3v) is 11.5. The minimum absolute atomic E-state index is 0.0237. The predicted octanol–water partition coefficient (Wildman–Crippen LogP) is 7.44. The summed E-state index contributed by atoms with van der Waals surface area (Å²) < 4.78 is 6.78. The van der Waals surface area contributed by atoms with Gasteiger partial charge in [0.2, 0.25) is 5.91 Å². The van der Waals surface area contributed by atoms with Crippen molar-refractivity contribution in [3.05, 3.63) is 105 Å². The summed E-state index contributed by atoms with van der Waals surface area (Å²) >= 11 is 1.47. The van der Waals surface area contributed by atoms with Crippen molar-refractivity contribution in [1.29, 1.82) is 5.26 Å². The molecular weight excluding hydrogens is 713 g/mol. The van der Waals surface area contributed by atoms with Crippen LogP contribution in [0.4, 0.5) is 5.00 Å². The van der Waals surface area contributed by atoms with Crippen LogP contribution in [0.25, 0.3) is 0 Å². The van der Waals surface area contributed by atoms with Crippen molar-refractivity contribution in [1.82, 2.24) is 19.6 Å². The van der Waals surface area contributed by atoms with Crippen molar-refractivity contribution < 1.29 is 23.9 Å². The summed E-state index contributed by atoms with van der Waals surface area (Å²) in [5.41, 5.74) is 4.32. The van der Waals surface area contributed by atoms with Crippen LogP contribution in [-0.2, 0) is 46.9 Å². The van der Waals surface area contributed by atoms with Crippen LogP contribution >= 0.6 is 11.3 Å². The summed E-state index contributed by atoms with van der Waals surface area (Å²) in [5, 5.41) is 16.9. The summed E-state index contributed by atoms with van der Waals surface area (Å²) in [6, 6.07) is 19.3. The maximum absolute atomic E-state index is 14.0. The molecule has 55 heavy (non-hydrogen) atoms. The SMILES string of the molecule is CCC(CC)N(CCN(C)C(=O)CCC(=O)OCc1ccccc1)Cc1cccc(C(=O)Nc2sc3c(c2C(=O)c2cnn(CC#N)c2)CCC(C)(C)C3)c1. The standard InChI is InChI=1S/C43H52N6O5S/c1-6-34(7-2)48(23-22-47(5)37(50)16-17-38(51)54-29-30-12-9-8-10-13-30)27-31-14-11-15-32(24-31)41(53)46-42-39(35-18-19-43(3,4)25-36(35)55-42)40(52)33-26-45-49(28-33)21-20-44/h8-15,24,26,28,34H,6-7,16-19,21-23,25,27,29H2,1-5H3,(H,46,53). The molecule has 2 aromatic heterocycles. The fourth-order valence-corrected chi connectivity index (χ4v) is 8.55. The number of rotatable bonds is 18. The summed E-state index contributed by atoms with van der Waals surface area (Å²) in [6.07, 6.45) is 7.51. The summed E-state index contributed by atoms with van der Waals surface area (Å²) in [7, 11) is 1.76. The molecule has 4 aromatic rings. The van der Waals surface area contributed by atoms with Crippen molar-refractivity contribution in [2.24, 2.45) is 5.41 Å². The summed E-state index contributed by atoms with van der Waals surface area (Å²) in [4.78, 5) is 58.2. The van der Waals surface area contributed by atoms with Crippen LogP contribution in [0.15, 0.2) is 67.0 Å². The number of fused-ring (bicyclic) bond motifs is 1. The lowest BCUT2D eigenvalue weighted by Crippen LogP contribution is -2.41. The number of nitrogens with zero attached hydrogens (tertiary/aromatic N) is 5. The molecule has 11 nitrogen and oxygen atoms in total. The van der Waals surface area contributed by atoms with Crippen molar-refractivity contribution in [2.75, 3.05) is 25.5 Å². The van der Waals surface area contributed by atoms with E-state index in [1.54, 1.807) is 24.2 Å². The Hall–Kier alpha value is -5.12. The fraction of sp³-hybridized carbons (Fsp3) is 0.442. The number of carbonyl (C=O) groups excluding carboxylic acids is 4. The number of hydrogen-bond donors (Lipinski definition) is 1. The molecule has 2 heterocycles. The van der Waals surface area contributed by atoms with Gasteiger partial charge in [-0.1, -0.05) is 70.2 Å². The van der Waals surface area contributed by atoms with Gasteiger partial charge in [-0.2, -0.15) is 10.4 Å². The number of amides is 2. The van der Waals surface area contributed by atoms with Crippen LogP contribution in [0.5, 0.6) is 0 Å². The second-order valence-corrected chi connectivity index (χ2v) is 16.1. The molecule has 0 radical (unpaired) electrons. The summed E-state index contributed by atoms with van der Waals surface area (Å²) in [5.74, 6) is -1.02. The van der Waals surface area contributed by atoms with Crippen molar-refractivity contribution in [3.8, 4) is 6.07 Å². The minimum atomic E-state index is -0.400. The zero-order chi connectivity index (χ0) is 39.5. The monoisotopic (exact) mass is 764 g/mol. The zero-order valence-corrected chi connectivity index (χ0v) is 33.4. The molecule has 290 valence electrons. The molecule has 2 aromatic carbocycles. The summed E-state index contributed by atoms with van der Waals surface area (Å²) in [6.45, 7) is 10.7. The van der Waals surface area contributed by atoms with Gasteiger partial charge in [0, 0.05) is 55.8 Å². The molecule has 1 aliphatic carbocycles. The van der Waals surface area contributed by atoms with E-state index < -0.39 is 5.97 Å². The van der Waals surface area contributed by atoms with Gasteiger partial charge in [-0.25, -0.2) is 0 Å². The van der Waals surface area contributed by atoms with Crippen LogP contribution in [0, 0.1) is 16.7 Å². The van der Waals surface area contributed by atoms with Gasteiger partial charge in [0.05, 0.1) is 29.8 Å². The maximum atomic E-state index is 14.0. The van der Waals surface area contributed by atoms with Gasteiger partial charge in [0.15, 0.2) is 5.78 Å². The number of carbonyl (C=O) groups is 4. The van der Waals surface area contributed by atoms with E-state index in [0.717, 1.165) is 53.7 Å². The van der Waals surface area contributed by atoms with E-state index in [9.17, 15) is 19.2 Å². The largest absolute Gasteiger partial charge is 0.461 e. The smallest absolute Gasteiger partial charge is 0.306 e. The van der Waals surface area contributed by atoms with Crippen molar-refractivity contribution in [3.63, 3.8) is 0 Å². The lowest BCUT2D eigenvalue weighted by molar-refractivity contribution is -0.147. The lowest BCUT2D eigenvalue weighted by Gasteiger charge is -2.32. The Morgan fingerprint density at radius 3 is 2.49 bits per heavy atom. The van der Waals surface area contributed by atoms with E-state index in [0.29, 0.717) is 41.3 Å². The van der Waals surface area contributed by atoms with Gasteiger partial charge < -0.3 is 15.0 Å². The third-order valence-electron chi connectivity index (χ3n) is 10.3. The molecule has 1 N–H and O–H groups in total. The maximum Gasteiger partial charge on any atom is 0.306 e. The molecule has 2 amide bonds. The Morgan fingerprint density at radius 2 is 1.76 bits per heavy atom. The molecule has 0 bridgehead atoms. The minimum Gasteiger partial charge on any atom is -0.461 e. The second-order valence-electron chi connectivity index (χ2n) is 15.0. The van der Waals surface area contributed by atoms with Gasteiger partial charge in [-0.3, -0.25) is 28.8 Å². The number of nitrogens with one attached hydrogen (secondary N) is 1. The Balaban J connectivity index is 1.24. The molecule has 5 rings (SSSR count). The first kappa shape index (κ1) is 41.1. The van der Waals surface area contributed by atoms with Gasteiger partial charge in [0.1, 0.15) is 18.2 Å². The number of benzene rings is 2. The third kappa shape index (κ3) is 11.0. The molecule has 0 aliphatic heterocycles. The quantitative estimate of drug-likeness (QED) is 0.0816. The number of ketones is 1. The Kier molecular flexibility index (Phi) is 14.2. The van der Waals surface area contributed by atoms with E-state index in [-0.39, 0.29) is 55.0 Å². The van der Waals surface area contributed by atoms with Crippen molar-refractivity contribution >= 4 is 39.9 Å². The van der Waals surface area contributed by atoms with Crippen LogP contribution in [0.1, 0.15) is 108 Å². The molecule has 0 saturated heterocycles. The Labute approximate surface area is 328 Å². The molecule has 0 fully saturated rings. The first-order valence-electron chi connectivity index (χ1n) is 19.1. The number of aromatic nitrogens is 2. The Bertz CT molecular complexity index is 2010. The number of nitriles is 1. The number of esters is 1. The zero-order valence-electron chi connectivity index (χ0n) is 32.6. The molecule has 0 spiro atoms. The van der Waals surface area contributed by atoms with Crippen LogP contribution < -0.4 is 5.32 Å². The van der Waals surface area contributed by atoms with E-state index in [1.165, 1.54) is 22.2 Å². The van der Waals surface area contributed by atoms with Crippen LogP contribution in [0.2, 0.25) is 0 Å². The average molecular weight is 765 g/mol. The number of ether oxygens (including phenoxy) is 1. The average Bonchev–Trinajstić information content (AvgIpc) is 3.79. The first-order chi connectivity index (χ1) is 26.4. The van der Waals surface area contributed by atoms with Gasteiger partial charge in [-0.15, -0.1) is 11.3 Å². The molecule has 0 saturated carbocycles. The highest BCUT2D eigenvalue weighted by atomic mass is 32.1. The first-order valence-corrected chi connectivity index (χ1v) is 19.9. The van der Waals surface area contributed by atoms with E-state index in [4.69, 9.17) is 10.00 Å².